The lowest BCUT2D eigenvalue weighted by molar-refractivity contribution is -0.136. The molecule has 6 nitrogen and oxygen atoms in total. The van der Waals surface area contributed by atoms with Gasteiger partial charge in [0.05, 0.1) is 6.61 Å². The average molecular weight is 329 g/mol. The molecule has 0 bridgehead atoms. The van der Waals surface area contributed by atoms with E-state index in [4.69, 9.17) is 0 Å². The van der Waals surface area contributed by atoms with Gasteiger partial charge in [0.25, 0.3) is 0 Å². The van der Waals surface area contributed by atoms with E-state index < -0.39 is 11.8 Å². The Kier molecular flexibility index (Phi) is 4.57. The standard InChI is InChI=1S/C18H23N3O3/c1-2-8-21-9-5-13-10-14(3-4-15(13)21)20-17(24)16(23)19-11-18(12-22)6-7-18/h3-5,9-10,22H,2,6-8,11-12H2,1H3,(H,19,23)(H,20,24). The van der Waals surface area contributed by atoms with Crippen LogP contribution in [0.5, 0.6) is 0 Å². The highest BCUT2D eigenvalue weighted by molar-refractivity contribution is 6.39. The molecule has 1 saturated carbocycles. The second kappa shape index (κ2) is 6.65. The largest absolute Gasteiger partial charge is 0.396 e. The lowest BCUT2D eigenvalue weighted by Crippen LogP contribution is -2.39. The Labute approximate surface area is 140 Å². The van der Waals surface area contributed by atoms with Gasteiger partial charge in [-0.15, -0.1) is 0 Å². The van der Waals surface area contributed by atoms with Crippen molar-refractivity contribution >= 4 is 28.4 Å². The monoisotopic (exact) mass is 329 g/mol. The maximum atomic E-state index is 12.0. The number of aryl methyl sites for hydroxylation is 1. The molecule has 1 fully saturated rings. The summed E-state index contributed by atoms with van der Waals surface area (Å²) in [5.74, 6) is -1.35. The van der Waals surface area contributed by atoms with Crippen LogP contribution in [0.25, 0.3) is 10.9 Å². The molecule has 2 amide bonds. The lowest BCUT2D eigenvalue weighted by Gasteiger charge is -2.12. The summed E-state index contributed by atoms with van der Waals surface area (Å²) in [5, 5.41) is 15.5. The van der Waals surface area contributed by atoms with Gasteiger partial charge in [-0.25, -0.2) is 0 Å². The van der Waals surface area contributed by atoms with E-state index in [1.165, 1.54) is 0 Å². The fourth-order valence-electron chi connectivity index (χ4n) is 2.82. The van der Waals surface area contributed by atoms with Gasteiger partial charge in [0, 0.05) is 41.3 Å². The zero-order valence-electron chi connectivity index (χ0n) is 13.8. The van der Waals surface area contributed by atoms with E-state index in [-0.39, 0.29) is 12.0 Å². The molecule has 1 heterocycles. The van der Waals surface area contributed by atoms with Crippen molar-refractivity contribution in [3.63, 3.8) is 0 Å². The third-order valence-corrected chi connectivity index (χ3v) is 4.62. The van der Waals surface area contributed by atoms with Crippen molar-refractivity contribution in [2.24, 2.45) is 5.41 Å². The first-order chi connectivity index (χ1) is 11.6. The predicted molar refractivity (Wildman–Crippen MR) is 92.6 cm³/mol. The first kappa shape index (κ1) is 16.5. The van der Waals surface area contributed by atoms with Gasteiger partial charge < -0.3 is 20.3 Å². The Bertz CT molecular complexity index is 762. The number of aliphatic hydroxyl groups is 1. The molecule has 3 rings (SSSR count). The highest BCUT2D eigenvalue weighted by atomic mass is 16.3. The number of hydrogen-bond donors (Lipinski definition) is 3. The molecule has 1 aromatic carbocycles. The molecule has 0 aliphatic heterocycles. The van der Waals surface area contributed by atoms with Crippen molar-refractivity contribution in [2.45, 2.75) is 32.7 Å². The Morgan fingerprint density at radius 2 is 2.04 bits per heavy atom. The fourth-order valence-corrected chi connectivity index (χ4v) is 2.82. The normalized spacial score (nSPS) is 15.2. The van der Waals surface area contributed by atoms with E-state index in [0.717, 1.165) is 36.7 Å². The predicted octanol–water partition coefficient (Wildman–Crippen LogP) is 1.88. The number of rotatable bonds is 6. The van der Waals surface area contributed by atoms with Crippen molar-refractivity contribution in [2.75, 3.05) is 18.5 Å². The zero-order valence-corrected chi connectivity index (χ0v) is 13.8. The van der Waals surface area contributed by atoms with Crippen molar-refractivity contribution in [1.29, 1.82) is 0 Å². The second-order valence-corrected chi connectivity index (χ2v) is 6.58. The van der Waals surface area contributed by atoms with Gasteiger partial charge >= 0.3 is 11.8 Å². The van der Waals surface area contributed by atoms with Crippen molar-refractivity contribution < 1.29 is 14.7 Å². The van der Waals surface area contributed by atoms with Gasteiger partial charge in [0.1, 0.15) is 0 Å². The number of nitrogens with zero attached hydrogens (tertiary/aromatic N) is 1. The fraction of sp³-hybridized carbons (Fsp3) is 0.444. The number of nitrogens with one attached hydrogen (secondary N) is 2. The lowest BCUT2D eigenvalue weighted by atomic mass is 10.1. The third-order valence-electron chi connectivity index (χ3n) is 4.62. The minimum absolute atomic E-state index is 0.0420. The van der Waals surface area contributed by atoms with Crippen LogP contribution in [0, 0.1) is 5.41 Å². The van der Waals surface area contributed by atoms with E-state index in [2.05, 4.69) is 22.1 Å². The Morgan fingerprint density at radius 3 is 2.71 bits per heavy atom. The Morgan fingerprint density at radius 1 is 1.25 bits per heavy atom. The van der Waals surface area contributed by atoms with Crippen LogP contribution in [0.2, 0.25) is 0 Å². The molecular formula is C18H23N3O3. The molecule has 0 radical (unpaired) electrons. The maximum Gasteiger partial charge on any atom is 0.313 e. The molecule has 0 spiro atoms. The van der Waals surface area contributed by atoms with Crippen molar-refractivity contribution in [1.82, 2.24) is 9.88 Å². The topological polar surface area (TPSA) is 83.4 Å². The van der Waals surface area contributed by atoms with Gasteiger partial charge in [0.15, 0.2) is 0 Å². The number of aromatic nitrogens is 1. The molecule has 1 aliphatic carbocycles. The molecule has 24 heavy (non-hydrogen) atoms. The molecule has 6 heteroatoms. The van der Waals surface area contributed by atoms with Gasteiger partial charge in [0.2, 0.25) is 0 Å². The quantitative estimate of drug-likeness (QED) is 0.708. The average Bonchev–Trinajstić information content (AvgIpc) is 3.27. The van der Waals surface area contributed by atoms with Crippen molar-refractivity contribution in [3.8, 4) is 0 Å². The first-order valence-electron chi connectivity index (χ1n) is 8.36. The minimum atomic E-state index is -0.684. The summed E-state index contributed by atoms with van der Waals surface area (Å²) < 4.78 is 2.16. The summed E-state index contributed by atoms with van der Waals surface area (Å²) in [5.41, 5.74) is 1.50. The SMILES string of the molecule is CCCn1ccc2cc(NC(=O)C(=O)NCC3(CO)CC3)ccc21. The minimum Gasteiger partial charge on any atom is -0.396 e. The summed E-state index contributed by atoms with van der Waals surface area (Å²) in [6.45, 7) is 3.46. The first-order valence-corrected chi connectivity index (χ1v) is 8.36. The van der Waals surface area contributed by atoms with Crippen LogP contribution in [0.4, 0.5) is 5.69 Å². The number of fused-ring (bicyclic) bond motifs is 1. The van der Waals surface area contributed by atoms with E-state index in [1.807, 2.05) is 24.4 Å². The highest BCUT2D eigenvalue weighted by Crippen LogP contribution is 2.44. The van der Waals surface area contributed by atoms with E-state index >= 15 is 0 Å². The van der Waals surface area contributed by atoms with Crippen LogP contribution in [0.1, 0.15) is 26.2 Å². The summed E-state index contributed by atoms with van der Waals surface area (Å²) in [4.78, 5) is 23.9. The highest BCUT2D eigenvalue weighted by Gasteiger charge is 2.42. The number of carbonyl (C=O) groups excluding carboxylic acids is 2. The van der Waals surface area contributed by atoms with Gasteiger partial charge in [-0.3, -0.25) is 9.59 Å². The van der Waals surface area contributed by atoms with E-state index in [0.29, 0.717) is 12.2 Å². The van der Waals surface area contributed by atoms with Crippen LogP contribution in [0.15, 0.2) is 30.5 Å². The molecule has 0 unspecified atom stereocenters. The smallest absolute Gasteiger partial charge is 0.313 e. The molecule has 128 valence electrons. The summed E-state index contributed by atoms with van der Waals surface area (Å²) >= 11 is 0. The molecular weight excluding hydrogens is 306 g/mol. The second-order valence-electron chi connectivity index (χ2n) is 6.58. The summed E-state index contributed by atoms with van der Waals surface area (Å²) in [7, 11) is 0. The van der Waals surface area contributed by atoms with Gasteiger partial charge in [-0.1, -0.05) is 6.92 Å². The zero-order chi connectivity index (χ0) is 17.2. The Balaban J connectivity index is 1.61. The molecule has 0 saturated heterocycles. The van der Waals surface area contributed by atoms with Crippen LogP contribution < -0.4 is 10.6 Å². The third kappa shape index (κ3) is 3.43. The number of anilines is 1. The van der Waals surface area contributed by atoms with E-state index in [9.17, 15) is 14.7 Å². The van der Waals surface area contributed by atoms with Crippen molar-refractivity contribution in [3.05, 3.63) is 30.5 Å². The van der Waals surface area contributed by atoms with Gasteiger partial charge in [-0.2, -0.15) is 0 Å². The molecule has 3 N–H and O–H groups in total. The maximum absolute atomic E-state index is 12.0. The molecule has 1 aliphatic rings. The summed E-state index contributed by atoms with van der Waals surface area (Å²) in [6, 6.07) is 7.61. The van der Waals surface area contributed by atoms with Crippen LogP contribution in [-0.2, 0) is 16.1 Å². The van der Waals surface area contributed by atoms with Crippen LogP contribution in [0.3, 0.4) is 0 Å². The van der Waals surface area contributed by atoms with Gasteiger partial charge in [-0.05, 0) is 43.5 Å². The van der Waals surface area contributed by atoms with Crippen LogP contribution >= 0.6 is 0 Å². The molecule has 2 aromatic rings. The van der Waals surface area contributed by atoms with Crippen LogP contribution in [-0.4, -0.2) is 34.6 Å². The molecule has 0 atom stereocenters. The number of amides is 2. The van der Waals surface area contributed by atoms with E-state index in [1.54, 1.807) is 6.07 Å². The number of aliphatic hydroxyl groups excluding tert-OH is 1. The number of carbonyl (C=O) groups is 2. The summed E-state index contributed by atoms with van der Waals surface area (Å²) in [6.07, 6.45) is 4.85. The Hall–Kier alpha value is -2.34. The number of benzene rings is 1. The number of hydrogen-bond acceptors (Lipinski definition) is 3. The molecule has 1 aromatic heterocycles.